The maximum atomic E-state index is 6.08. The molecular formula is C14H16BrN3O. The van der Waals surface area contributed by atoms with E-state index in [2.05, 4.69) is 25.9 Å². The van der Waals surface area contributed by atoms with Gasteiger partial charge in [0.1, 0.15) is 11.3 Å². The molecule has 3 rings (SSSR count). The Balaban J connectivity index is 1.84. The number of ether oxygens (including phenoxy) is 1. The number of halogens is 1. The average molecular weight is 322 g/mol. The Bertz CT molecular complexity index is 582. The number of hydrogen-bond donors (Lipinski definition) is 1. The lowest BCUT2D eigenvalue weighted by Crippen LogP contribution is -2.31. The summed E-state index contributed by atoms with van der Waals surface area (Å²) >= 11 is 3.40. The van der Waals surface area contributed by atoms with Crippen LogP contribution in [-0.4, -0.2) is 22.1 Å². The van der Waals surface area contributed by atoms with Crippen LogP contribution in [-0.2, 0) is 0 Å². The molecular weight excluding hydrogens is 306 g/mol. The first-order chi connectivity index (χ1) is 9.22. The molecule has 1 fully saturated rings. The monoisotopic (exact) mass is 321 g/mol. The maximum absolute atomic E-state index is 6.08. The second kappa shape index (κ2) is 5.43. The van der Waals surface area contributed by atoms with Crippen LogP contribution >= 0.6 is 15.9 Å². The first-order valence-electron chi connectivity index (χ1n) is 6.55. The van der Waals surface area contributed by atoms with Gasteiger partial charge in [-0.05, 0) is 47.7 Å². The van der Waals surface area contributed by atoms with Gasteiger partial charge in [-0.3, -0.25) is 4.98 Å². The Kier molecular flexibility index (Phi) is 3.66. The molecule has 0 aromatic carbocycles. The molecule has 2 aromatic heterocycles. The highest BCUT2D eigenvalue weighted by Crippen LogP contribution is 2.28. The van der Waals surface area contributed by atoms with Gasteiger partial charge in [0, 0.05) is 29.0 Å². The molecule has 4 nitrogen and oxygen atoms in total. The minimum Gasteiger partial charge on any atom is -0.488 e. The zero-order valence-corrected chi connectivity index (χ0v) is 12.1. The molecule has 100 valence electrons. The molecule has 5 heteroatoms. The lowest BCUT2D eigenvalue weighted by atomic mass is 9.94. The first-order valence-corrected chi connectivity index (χ1v) is 7.34. The van der Waals surface area contributed by atoms with Crippen molar-refractivity contribution in [1.29, 1.82) is 0 Å². The van der Waals surface area contributed by atoms with Gasteiger partial charge in [-0.2, -0.15) is 0 Å². The van der Waals surface area contributed by atoms with Crippen molar-refractivity contribution >= 4 is 27.0 Å². The Morgan fingerprint density at radius 2 is 2.00 bits per heavy atom. The topological polar surface area (TPSA) is 61.0 Å². The van der Waals surface area contributed by atoms with Crippen molar-refractivity contribution in [3.8, 4) is 5.75 Å². The molecule has 0 saturated heterocycles. The van der Waals surface area contributed by atoms with Crippen molar-refractivity contribution in [3.63, 3.8) is 0 Å². The molecule has 0 aliphatic heterocycles. The van der Waals surface area contributed by atoms with Crippen LogP contribution in [0.4, 0.5) is 0 Å². The van der Waals surface area contributed by atoms with Crippen LogP contribution in [0.1, 0.15) is 25.7 Å². The molecule has 2 N–H and O–H groups in total. The zero-order valence-electron chi connectivity index (χ0n) is 10.6. The van der Waals surface area contributed by atoms with Gasteiger partial charge in [0.05, 0.1) is 11.6 Å². The van der Waals surface area contributed by atoms with Crippen LogP contribution in [0.25, 0.3) is 11.0 Å². The largest absolute Gasteiger partial charge is 0.488 e. The van der Waals surface area contributed by atoms with E-state index in [1.165, 1.54) is 0 Å². The highest BCUT2D eigenvalue weighted by Gasteiger charge is 2.20. The van der Waals surface area contributed by atoms with Crippen LogP contribution in [0, 0.1) is 0 Å². The van der Waals surface area contributed by atoms with Crippen molar-refractivity contribution in [2.45, 2.75) is 37.8 Å². The molecule has 0 bridgehead atoms. The molecule has 0 unspecified atom stereocenters. The molecule has 0 amide bonds. The quantitative estimate of drug-likeness (QED) is 0.923. The maximum Gasteiger partial charge on any atom is 0.149 e. The second-order valence-electron chi connectivity index (χ2n) is 4.98. The number of pyridine rings is 2. The highest BCUT2D eigenvalue weighted by molar-refractivity contribution is 9.10. The summed E-state index contributed by atoms with van der Waals surface area (Å²) in [5, 5.41) is 0. The Morgan fingerprint density at radius 1 is 1.21 bits per heavy atom. The third-order valence-electron chi connectivity index (χ3n) is 3.52. The SMILES string of the molecule is NC1CCC(Oc2ccnc3cc(Br)cnc23)CC1. The van der Waals surface area contributed by atoms with Gasteiger partial charge >= 0.3 is 0 Å². The van der Waals surface area contributed by atoms with Crippen molar-refractivity contribution < 1.29 is 4.74 Å². The fourth-order valence-corrected chi connectivity index (χ4v) is 2.78. The third kappa shape index (κ3) is 2.87. The zero-order chi connectivity index (χ0) is 13.2. The summed E-state index contributed by atoms with van der Waals surface area (Å²) < 4.78 is 7.01. The second-order valence-corrected chi connectivity index (χ2v) is 5.90. The van der Waals surface area contributed by atoms with Gasteiger partial charge in [-0.25, -0.2) is 4.98 Å². The Morgan fingerprint density at radius 3 is 2.79 bits per heavy atom. The smallest absolute Gasteiger partial charge is 0.149 e. The summed E-state index contributed by atoms with van der Waals surface area (Å²) in [7, 11) is 0. The van der Waals surface area contributed by atoms with E-state index < -0.39 is 0 Å². The van der Waals surface area contributed by atoms with E-state index in [1.807, 2.05) is 12.1 Å². The first kappa shape index (κ1) is 12.8. The van der Waals surface area contributed by atoms with Gasteiger partial charge in [-0.1, -0.05) is 0 Å². The summed E-state index contributed by atoms with van der Waals surface area (Å²) in [6.07, 6.45) is 7.88. The Hall–Kier alpha value is -1.20. The Labute approximate surface area is 120 Å². The van der Waals surface area contributed by atoms with E-state index in [4.69, 9.17) is 10.5 Å². The van der Waals surface area contributed by atoms with E-state index in [1.54, 1.807) is 12.4 Å². The number of nitrogens with zero attached hydrogens (tertiary/aromatic N) is 2. The molecule has 1 aliphatic carbocycles. The fourth-order valence-electron chi connectivity index (χ4n) is 2.46. The van der Waals surface area contributed by atoms with Crippen LogP contribution in [0.15, 0.2) is 29.0 Å². The number of nitrogens with two attached hydrogens (primary N) is 1. The van der Waals surface area contributed by atoms with Crippen LogP contribution in [0.3, 0.4) is 0 Å². The van der Waals surface area contributed by atoms with Crippen molar-refractivity contribution in [2.24, 2.45) is 5.73 Å². The minimum atomic E-state index is 0.246. The molecule has 19 heavy (non-hydrogen) atoms. The molecule has 1 saturated carbocycles. The van der Waals surface area contributed by atoms with Crippen LogP contribution < -0.4 is 10.5 Å². The number of rotatable bonds is 2. The molecule has 1 aliphatic rings. The van der Waals surface area contributed by atoms with E-state index in [0.717, 1.165) is 46.9 Å². The van der Waals surface area contributed by atoms with Crippen molar-refractivity contribution in [2.75, 3.05) is 0 Å². The number of fused-ring (bicyclic) bond motifs is 1. The fraction of sp³-hybridized carbons (Fsp3) is 0.429. The molecule has 0 atom stereocenters. The number of aromatic nitrogens is 2. The summed E-state index contributed by atoms with van der Waals surface area (Å²) in [6, 6.07) is 4.17. The summed E-state index contributed by atoms with van der Waals surface area (Å²) in [4.78, 5) is 8.72. The van der Waals surface area contributed by atoms with Gasteiger partial charge < -0.3 is 10.5 Å². The predicted molar refractivity (Wildman–Crippen MR) is 78.1 cm³/mol. The van der Waals surface area contributed by atoms with E-state index in [0.29, 0.717) is 6.04 Å². The van der Waals surface area contributed by atoms with Gasteiger partial charge in [0.15, 0.2) is 0 Å². The van der Waals surface area contributed by atoms with E-state index in [-0.39, 0.29) is 6.10 Å². The molecule has 0 spiro atoms. The van der Waals surface area contributed by atoms with Crippen molar-refractivity contribution in [3.05, 3.63) is 29.0 Å². The lowest BCUT2D eigenvalue weighted by Gasteiger charge is -2.26. The standard InChI is InChI=1S/C14H16BrN3O/c15-9-7-12-14(18-8-9)13(5-6-17-12)19-11-3-1-10(16)2-4-11/h5-8,10-11H,1-4,16H2. The molecule has 2 heterocycles. The van der Waals surface area contributed by atoms with Crippen LogP contribution in [0.2, 0.25) is 0 Å². The highest BCUT2D eigenvalue weighted by atomic mass is 79.9. The minimum absolute atomic E-state index is 0.246. The average Bonchev–Trinajstić information content (AvgIpc) is 2.41. The predicted octanol–water partition coefficient (Wildman–Crippen LogP) is 3.04. The third-order valence-corrected chi connectivity index (χ3v) is 3.95. The summed E-state index contributed by atoms with van der Waals surface area (Å²) in [6.45, 7) is 0. The normalized spacial score (nSPS) is 23.5. The van der Waals surface area contributed by atoms with E-state index in [9.17, 15) is 0 Å². The summed E-state index contributed by atoms with van der Waals surface area (Å²) in [5.74, 6) is 0.818. The van der Waals surface area contributed by atoms with Gasteiger partial charge in [0.25, 0.3) is 0 Å². The van der Waals surface area contributed by atoms with E-state index >= 15 is 0 Å². The van der Waals surface area contributed by atoms with Gasteiger partial charge in [-0.15, -0.1) is 0 Å². The van der Waals surface area contributed by atoms with Gasteiger partial charge in [0.2, 0.25) is 0 Å². The van der Waals surface area contributed by atoms with Crippen LogP contribution in [0.5, 0.6) is 5.75 Å². The van der Waals surface area contributed by atoms with Crippen molar-refractivity contribution in [1.82, 2.24) is 9.97 Å². The molecule has 0 radical (unpaired) electrons. The summed E-state index contributed by atoms with van der Waals surface area (Å²) in [5.41, 5.74) is 7.58. The molecule has 2 aromatic rings. The lowest BCUT2D eigenvalue weighted by molar-refractivity contribution is 0.149. The number of hydrogen-bond acceptors (Lipinski definition) is 4.